The van der Waals surface area contributed by atoms with E-state index < -0.39 is 36.2 Å². The maximum atomic E-state index is 15.1. The molecule has 2 aliphatic heterocycles. The van der Waals surface area contributed by atoms with Crippen molar-refractivity contribution in [2.75, 3.05) is 0 Å². The number of carbonyl (C=O) groups is 1. The van der Waals surface area contributed by atoms with Gasteiger partial charge in [0.2, 0.25) is 5.91 Å². The first kappa shape index (κ1) is 25.5. The van der Waals surface area contributed by atoms with Gasteiger partial charge in [-0.05, 0) is 55.5 Å². The normalized spacial score (nSPS) is 23.8. The molecule has 5 N–H and O–H groups in total. The number of aliphatic hydroxyl groups excluding tert-OH is 3. The van der Waals surface area contributed by atoms with Crippen LogP contribution in [0.3, 0.4) is 0 Å². The second kappa shape index (κ2) is 10.2. The Balaban J connectivity index is 1.43. The van der Waals surface area contributed by atoms with Crippen molar-refractivity contribution in [1.29, 1.82) is 0 Å². The Morgan fingerprint density at radius 2 is 1.94 bits per heavy atom. The second-order valence-electron chi connectivity index (χ2n) is 9.27. The number of rotatable bonds is 8. The fraction of sp³-hybridized carbons (Fsp3) is 0.480. The van der Waals surface area contributed by atoms with Gasteiger partial charge in [0, 0.05) is 13.1 Å². The number of aliphatic hydroxyl groups is 3. The second-order valence-corrected chi connectivity index (χ2v) is 9.27. The van der Waals surface area contributed by atoms with Crippen LogP contribution in [0.4, 0.5) is 8.78 Å². The van der Waals surface area contributed by atoms with E-state index in [1.807, 2.05) is 0 Å². The van der Waals surface area contributed by atoms with Crippen LogP contribution in [0.25, 0.3) is 0 Å². The Morgan fingerprint density at radius 3 is 2.66 bits per heavy atom. The number of hydrogen-bond donors (Lipinski definition) is 5. The van der Waals surface area contributed by atoms with Crippen molar-refractivity contribution in [1.82, 2.24) is 15.5 Å². The molecule has 1 fully saturated rings. The van der Waals surface area contributed by atoms with Crippen LogP contribution < -0.4 is 15.4 Å². The Labute approximate surface area is 202 Å². The van der Waals surface area contributed by atoms with Crippen molar-refractivity contribution < 1.29 is 33.6 Å². The molecular formula is C25H31F2N3O5. The van der Waals surface area contributed by atoms with E-state index in [2.05, 4.69) is 10.6 Å². The highest BCUT2D eigenvalue weighted by Crippen LogP contribution is 2.38. The first-order chi connectivity index (χ1) is 16.6. The van der Waals surface area contributed by atoms with E-state index >= 15 is 8.78 Å². The molecule has 1 amide bonds. The summed E-state index contributed by atoms with van der Waals surface area (Å²) in [7, 11) is 0. The number of nitrogens with zero attached hydrogens (tertiary/aromatic N) is 1. The van der Waals surface area contributed by atoms with Gasteiger partial charge in [-0.25, -0.2) is 0 Å². The van der Waals surface area contributed by atoms with Crippen LogP contribution >= 0.6 is 0 Å². The standard InChI is InChI=1S/C25H31F2N3O5/c1-14(2)35-20-6-4-3-5-18(20)25(26,27)24(34)28-12-15-7-8-17-16(11-15)13-30(23(17)33)19-9-10-21(31)29-22(19)32/h3-8,11,14,19,21,23-24,28,31,33-34H,9-10,12-13H2,1-2H3,(H,29,32)/t19?,21-,23+,24-/m1/s1. The molecule has 0 aliphatic carbocycles. The predicted octanol–water partition coefficient (Wildman–Crippen LogP) is 2.08. The lowest BCUT2D eigenvalue weighted by molar-refractivity contribution is -0.139. The molecule has 2 heterocycles. The van der Waals surface area contributed by atoms with Crippen LogP contribution in [0, 0.1) is 0 Å². The number of carbonyl (C=O) groups excluding carboxylic acids is 1. The van der Waals surface area contributed by atoms with Gasteiger partial charge in [-0.3, -0.25) is 15.0 Å². The molecule has 35 heavy (non-hydrogen) atoms. The largest absolute Gasteiger partial charge is 0.490 e. The maximum absolute atomic E-state index is 15.1. The highest BCUT2D eigenvalue weighted by molar-refractivity contribution is 5.82. The molecule has 0 radical (unpaired) electrons. The van der Waals surface area contributed by atoms with Gasteiger partial charge < -0.3 is 25.4 Å². The summed E-state index contributed by atoms with van der Waals surface area (Å²) < 4.78 is 35.6. The van der Waals surface area contributed by atoms with E-state index in [-0.39, 0.29) is 24.3 Å². The molecule has 0 spiro atoms. The average Bonchev–Trinajstić information content (AvgIpc) is 3.12. The molecule has 0 bridgehead atoms. The van der Waals surface area contributed by atoms with Crippen LogP contribution in [0.1, 0.15) is 55.2 Å². The Kier molecular flexibility index (Phi) is 7.39. The number of alkyl halides is 2. The van der Waals surface area contributed by atoms with E-state index in [9.17, 15) is 20.1 Å². The minimum absolute atomic E-state index is 0.0132. The molecule has 190 valence electrons. The van der Waals surface area contributed by atoms with Crippen LogP contribution in [0.15, 0.2) is 42.5 Å². The average molecular weight is 492 g/mol. The summed E-state index contributed by atoms with van der Waals surface area (Å²) in [6.45, 7) is 3.74. The number of benzene rings is 2. The minimum atomic E-state index is -3.60. The van der Waals surface area contributed by atoms with Gasteiger partial charge in [-0.2, -0.15) is 8.78 Å². The van der Waals surface area contributed by atoms with Gasteiger partial charge in [0.05, 0.1) is 17.7 Å². The van der Waals surface area contributed by atoms with Crippen LogP contribution in [-0.4, -0.2) is 50.7 Å². The lowest BCUT2D eigenvalue weighted by Crippen LogP contribution is -2.53. The molecule has 10 heteroatoms. The van der Waals surface area contributed by atoms with E-state index in [4.69, 9.17) is 4.74 Å². The monoisotopic (exact) mass is 491 g/mol. The zero-order valence-electron chi connectivity index (χ0n) is 19.6. The van der Waals surface area contributed by atoms with E-state index in [1.165, 1.54) is 18.2 Å². The fourth-order valence-corrected chi connectivity index (χ4v) is 4.58. The molecule has 2 aromatic rings. The van der Waals surface area contributed by atoms with E-state index in [0.717, 1.165) is 5.56 Å². The molecule has 2 aliphatic rings. The Hall–Kier alpha value is -2.63. The fourth-order valence-electron chi connectivity index (χ4n) is 4.58. The third-order valence-corrected chi connectivity index (χ3v) is 6.33. The predicted molar refractivity (Wildman–Crippen MR) is 123 cm³/mol. The summed E-state index contributed by atoms with van der Waals surface area (Å²) in [5, 5.41) is 35.6. The number of ether oxygens (including phenoxy) is 1. The zero-order valence-corrected chi connectivity index (χ0v) is 19.6. The number of halogens is 2. The quantitative estimate of drug-likeness (QED) is 0.359. The number of hydrogen-bond acceptors (Lipinski definition) is 7. The molecule has 0 saturated carbocycles. The Morgan fingerprint density at radius 1 is 1.20 bits per heavy atom. The topological polar surface area (TPSA) is 114 Å². The lowest BCUT2D eigenvalue weighted by atomic mass is 10.0. The molecule has 4 rings (SSSR count). The van der Waals surface area contributed by atoms with Crippen molar-refractivity contribution >= 4 is 5.91 Å². The number of piperidine rings is 1. The first-order valence-corrected chi connectivity index (χ1v) is 11.7. The zero-order chi connectivity index (χ0) is 25.3. The molecule has 1 saturated heterocycles. The SMILES string of the molecule is CC(C)Oc1ccccc1C(F)(F)[C@@H](O)NCc1ccc2c(c1)CN(C1CC[C@@H](O)NC1=O)[C@H]2O. The van der Waals surface area contributed by atoms with Crippen LogP contribution in [-0.2, 0) is 23.8 Å². The van der Waals surface area contributed by atoms with Crippen molar-refractivity contribution in [3.63, 3.8) is 0 Å². The third-order valence-electron chi connectivity index (χ3n) is 6.33. The molecule has 4 atom stereocenters. The maximum Gasteiger partial charge on any atom is 0.315 e. The van der Waals surface area contributed by atoms with Gasteiger partial charge in [-0.1, -0.05) is 30.3 Å². The van der Waals surface area contributed by atoms with Crippen molar-refractivity contribution in [3.8, 4) is 5.75 Å². The Bertz CT molecular complexity index is 1070. The number of para-hydroxylation sites is 1. The summed E-state index contributed by atoms with van der Waals surface area (Å²) in [5.74, 6) is -3.93. The number of fused-ring (bicyclic) bond motifs is 1. The molecule has 1 unspecified atom stereocenters. The number of amides is 1. The lowest BCUT2D eigenvalue weighted by Gasteiger charge is -2.34. The van der Waals surface area contributed by atoms with Gasteiger partial charge >= 0.3 is 5.92 Å². The minimum Gasteiger partial charge on any atom is -0.490 e. The molecule has 8 nitrogen and oxygen atoms in total. The summed E-state index contributed by atoms with van der Waals surface area (Å²) in [4.78, 5) is 13.9. The summed E-state index contributed by atoms with van der Waals surface area (Å²) in [6, 6.07) is 10.3. The van der Waals surface area contributed by atoms with Crippen molar-refractivity contribution in [3.05, 3.63) is 64.7 Å². The highest BCUT2D eigenvalue weighted by Gasteiger charge is 2.43. The summed E-state index contributed by atoms with van der Waals surface area (Å²) in [6.07, 6.45) is -3.52. The van der Waals surface area contributed by atoms with E-state index in [1.54, 1.807) is 43.0 Å². The number of nitrogens with one attached hydrogen (secondary N) is 2. The summed E-state index contributed by atoms with van der Waals surface area (Å²) in [5.41, 5.74) is 1.64. The van der Waals surface area contributed by atoms with Gasteiger partial charge in [-0.15, -0.1) is 0 Å². The third kappa shape index (κ3) is 5.31. The molecule has 2 aromatic carbocycles. The smallest absolute Gasteiger partial charge is 0.315 e. The molecular weight excluding hydrogens is 460 g/mol. The van der Waals surface area contributed by atoms with Crippen LogP contribution in [0.5, 0.6) is 5.75 Å². The highest BCUT2D eigenvalue weighted by atomic mass is 19.3. The first-order valence-electron chi connectivity index (χ1n) is 11.7. The van der Waals surface area contributed by atoms with Crippen molar-refractivity contribution in [2.45, 2.75) is 76.5 Å². The van der Waals surface area contributed by atoms with Crippen molar-refractivity contribution in [2.24, 2.45) is 0 Å². The summed E-state index contributed by atoms with van der Waals surface area (Å²) >= 11 is 0. The van der Waals surface area contributed by atoms with E-state index in [0.29, 0.717) is 30.5 Å². The van der Waals surface area contributed by atoms with Gasteiger partial charge in [0.1, 0.15) is 18.2 Å². The van der Waals surface area contributed by atoms with Crippen LogP contribution in [0.2, 0.25) is 0 Å². The molecule has 0 aromatic heterocycles. The van der Waals surface area contributed by atoms with Gasteiger partial charge in [0.15, 0.2) is 6.23 Å². The van der Waals surface area contributed by atoms with Gasteiger partial charge in [0.25, 0.3) is 0 Å².